The maximum Gasteiger partial charge on any atom is 0.254 e. The van der Waals surface area contributed by atoms with Gasteiger partial charge in [-0.2, -0.15) is 0 Å². The normalized spacial score (nSPS) is 8.00. The molecule has 8 heavy (non-hydrogen) atoms. The van der Waals surface area contributed by atoms with Gasteiger partial charge in [0, 0.05) is 6.54 Å². The lowest BCUT2D eigenvalue weighted by Gasteiger charge is -1.71. The predicted molar refractivity (Wildman–Crippen MR) is 29.1 cm³/mol. The van der Waals surface area contributed by atoms with E-state index in [1.807, 2.05) is 0 Å². The van der Waals surface area contributed by atoms with Gasteiger partial charge >= 0.3 is 0 Å². The van der Waals surface area contributed by atoms with Crippen molar-refractivity contribution in [2.24, 2.45) is 5.73 Å². The van der Waals surface area contributed by atoms with Crippen molar-refractivity contribution in [3.63, 3.8) is 0 Å². The summed E-state index contributed by atoms with van der Waals surface area (Å²) in [6.07, 6.45) is 0. The van der Waals surface area contributed by atoms with Crippen LogP contribution in [-0.2, 0) is 11.0 Å². The molecule has 0 heterocycles. The van der Waals surface area contributed by atoms with E-state index in [0.29, 0.717) is 6.54 Å². The molecule has 0 saturated carbocycles. The molecule has 0 rings (SSSR count). The SMILES string of the molecule is NCCO.O=[SH](=O)O. The zero-order chi connectivity index (χ0) is 6.99. The summed E-state index contributed by atoms with van der Waals surface area (Å²) in [5, 5.41) is 7.75. The zero-order valence-electron chi connectivity index (χ0n) is 4.15. The van der Waals surface area contributed by atoms with Crippen molar-refractivity contribution < 1.29 is 18.1 Å². The fraction of sp³-hybridized carbons (Fsp3) is 1.00. The van der Waals surface area contributed by atoms with Gasteiger partial charge in [0.2, 0.25) is 0 Å². The van der Waals surface area contributed by atoms with Crippen LogP contribution in [0.3, 0.4) is 0 Å². The highest BCUT2D eigenvalue weighted by atomic mass is 32.2. The number of aliphatic hydroxyl groups is 1. The number of nitrogens with two attached hydrogens (primary N) is 1. The number of rotatable bonds is 1. The molecule has 0 aromatic carbocycles. The standard InChI is InChI=1S/C2H7NO.H2O3S/c3-1-2-4;1-4(2)3/h4H,1-3H2;4H,(H,1,2,3). The first-order valence-electron chi connectivity index (χ1n) is 1.79. The first-order valence-corrected chi connectivity index (χ1v) is 2.92. The Morgan fingerprint density at radius 1 is 1.50 bits per heavy atom. The molecule has 0 unspecified atom stereocenters. The van der Waals surface area contributed by atoms with E-state index in [1.54, 1.807) is 0 Å². The largest absolute Gasteiger partial charge is 0.395 e. The molecule has 0 spiro atoms. The van der Waals surface area contributed by atoms with Gasteiger partial charge in [0.05, 0.1) is 6.61 Å². The highest BCUT2D eigenvalue weighted by Crippen LogP contribution is 1.33. The Hall–Kier alpha value is -0.170. The van der Waals surface area contributed by atoms with Crippen LogP contribution in [0.4, 0.5) is 0 Å². The molecule has 0 saturated heterocycles. The lowest BCUT2D eigenvalue weighted by molar-refractivity contribution is 0.306. The minimum atomic E-state index is -3.12. The Balaban J connectivity index is 0. The van der Waals surface area contributed by atoms with Crippen LogP contribution in [-0.4, -0.2) is 31.2 Å². The van der Waals surface area contributed by atoms with Crippen molar-refractivity contribution in [2.75, 3.05) is 13.2 Å². The Labute approximate surface area is 48.9 Å². The van der Waals surface area contributed by atoms with Crippen LogP contribution < -0.4 is 5.73 Å². The van der Waals surface area contributed by atoms with E-state index in [4.69, 9.17) is 23.8 Å². The summed E-state index contributed by atoms with van der Waals surface area (Å²) < 4.78 is 24.2. The van der Waals surface area contributed by atoms with E-state index in [0.717, 1.165) is 0 Å². The molecule has 0 aromatic heterocycles. The zero-order valence-corrected chi connectivity index (χ0v) is 5.04. The smallest absolute Gasteiger partial charge is 0.254 e. The first kappa shape index (κ1) is 10.7. The minimum Gasteiger partial charge on any atom is -0.395 e. The van der Waals surface area contributed by atoms with Gasteiger partial charge in [-0.15, -0.1) is 0 Å². The molecule has 4 N–H and O–H groups in total. The highest BCUT2D eigenvalue weighted by molar-refractivity contribution is 7.66. The van der Waals surface area contributed by atoms with Crippen molar-refractivity contribution in [2.45, 2.75) is 0 Å². The maximum atomic E-state index is 8.59. The van der Waals surface area contributed by atoms with Gasteiger partial charge in [-0.3, -0.25) is 4.55 Å². The average Bonchev–Trinajstić information content (AvgIpc) is 1.65. The van der Waals surface area contributed by atoms with Crippen LogP contribution in [0.15, 0.2) is 0 Å². The summed E-state index contributed by atoms with van der Waals surface area (Å²) in [4.78, 5) is 0. The molecule has 0 aliphatic heterocycles. The third-order valence-electron chi connectivity index (χ3n) is 0.129. The molecule has 0 aliphatic rings. The molecule has 6 heteroatoms. The molecule has 0 amide bonds. The van der Waals surface area contributed by atoms with Crippen molar-refractivity contribution in [1.82, 2.24) is 0 Å². The quantitative estimate of drug-likeness (QED) is 0.251. The van der Waals surface area contributed by atoms with Crippen molar-refractivity contribution in [1.29, 1.82) is 0 Å². The summed E-state index contributed by atoms with van der Waals surface area (Å²) in [6.45, 7) is 0.472. The summed E-state index contributed by atoms with van der Waals surface area (Å²) in [6, 6.07) is 0. The van der Waals surface area contributed by atoms with Crippen molar-refractivity contribution in [3.05, 3.63) is 0 Å². The fourth-order valence-electron chi connectivity index (χ4n) is 0. The van der Waals surface area contributed by atoms with Crippen molar-refractivity contribution in [3.8, 4) is 0 Å². The molecule has 0 aliphatic carbocycles. The molecule has 5 nitrogen and oxygen atoms in total. The number of hydrogen-bond donors (Lipinski definition) is 4. The van der Waals surface area contributed by atoms with E-state index < -0.39 is 11.0 Å². The Morgan fingerprint density at radius 3 is 1.62 bits per heavy atom. The van der Waals surface area contributed by atoms with E-state index >= 15 is 0 Å². The highest BCUT2D eigenvalue weighted by Gasteiger charge is 1.56. The molecular formula is C2H9NO4S. The molecule has 0 bridgehead atoms. The molecule has 0 aromatic rings. The van der Waals surface area contributed by atoms with Crippen LogP contribution >= 0.6 is 0 Å². The topological polar surface area (TPSA) is 101 Å². The molecule has 0 atom stereocenters. The number of thiol groups is 1. The maximum absolute atomic E-state index is 8.59. The number of hydrogen-bond acceptors (Lipinski definition) is 4. The summed E-state index contributed by atoms with van der Waals surface area (Å²) in [7, 11) is -3.12. The predicted octanol–water partition coefficient (Wildman–Crippen LogP) is -1.99. The first-order chi connectivity index (χ1) is 3.65. The Morgan fingerprint density at radius 2 is 1.62 bits per heavy atom. The second-order valence-electron chi connectivity index (χ2n) is 0.750. The van der Waals surface area contributed by atoms with E-state index in [1.165, 1.54) is 0 Å². The second-order valence-corrected chi connectivity index (χ2v) is 1.23. The number of aliphatic hydroxyl groups excluding tert-OH is 1. The average molecular weight is 143 g/mol. The van der Waals surface area contributed by atoms with Gasteiger partial charge in [0.15, 0.2) is 0 Å². The summed E-state index contributed by atoms with van der Waals surface area (Å²) in [5.41, 5.74) is 4.78. The Bertz CT molecular complexity index is 80.0. The molecular weight excluding hydrogens is 134 g/mol. The minimum absolute atomic E-state index is 0.0972. The summed E-state index contributed by atoms with van der Waals surface area (Å²) >= 11 is 0. The molecule has 52 valence electrons. The third kappa shape index (κ3) is 197. The Kier molecular flexibility index (Phi) is 13.4. The summed E-state index contributed by atoms with van der Waals surface area (Å²) in [5.74, 6) is 0. The van der Waals surface area contributed by atoms with E-state index in [9.17, 15) is 0 Å². The van der Waals surface area contributed by atoms with Gasteiger partial charge in [0.1, 0.15) is 0 Å². The lowest BCUT2D eigenvalue weighted by atomic mass is 10.8. The van der Waals surface area contributed by atoms with Gasteiger partial charge in [-0.25, -0.2) is 8.42 Å². The van der Waals surface area contributed by atoms with Crippen molar-refractivity contribution >= 4 is 11.0 Å². The van der Waals surface area contributed by atoms with E-state index in [-0.39, 0.29) is 6.61 Å². The van der Waals surface area contributed by atoms with Crippen LogP contribution in [0.1, 0.15) is 0 Å². The van der Waals surface area contributed by atoms with Crippen LogP contribution in [0, 0.1) is 0 Å². The molecule has 0 radical (unpaired) electrons. The van der Waals surface area contributed by atoms with Crippen LogP contribution in [0.5, 0.6) is 0 Å². The fourth-order valence-corrected chi connectivity index (χ4v) is 0. The van der Waals surface area contributed by atoms with Gasteiger partial charge in [0.25, 0.3) is 11.0 Å². The monoisotopic (exact) mass is 143 g/mol. The van der Waals surface area contributed by atoms with Crippen LogP contribution in [0.2, 0.25) is 0 Å². The second kappa shape index (κ2) is 9.95. The van der Waals surface area contributed by atoms with Crippen LogP contribution in [0.25, 0.3) is 0 Å². The molecule has 0 fully saturated rings. The van der Waals surface area contributed by atoms with Gasteiger partial charge in [-0.1, -0.05) is 0 Å². The lowest BCUT2D eigenvalue weighted by Crippen LogP contribution is -2.02. The van der Waals surface area contributed by atoms with Gasteiger partial charge < -0.3 is 10.8 Å². The third-order valence-corrected chi connectivity index (χ3v) is 0.129. The van der Waals surface area contributed by atoms with Gasteiger partial charge in [-0.05, 0) is 0 Å². The van der Waals surface area contributed by atoms with E-state index in [2.05, 4.69) is 0 Å².